The molecule has 1 N–H and O–H groups in total. The molecule has 0 aliphatic rings. The molecule has 0 aliphatic carbocycles. The highest BCUT2D eigenvalue weighted by Gasteiger charge is 2.03. The largest absolute Gasteiger partial charge is 0.388 e. The normalized spacial score (nSPS) is 10.6. The Balaban J connectivity index is 2.74. The minimum absolute atomic E-state index is 1.03. The fourth-order valence-electron chi connectivity index (χ4n) is 1.59. The van der Waals surface area contributed by atoms with Gasteiger partial charge in [0.1, 0.15) is 0 Å². The van der Waals surface area contributed by atoms with Crippen molar-refractivity contribution >= 4 is 5.69 Å². The van der Waals surface area contributed by atoms with Gasteiger partial charge in [0.05, 0.1) is 0 Å². The molecule has 0 aromatic heterocycles. The van der Waals surface area contributed by atoms with Crippen LogP contribution in [0.5, 0.6) is 0 Å². The van der Waals surface area contributed by atoms with Gasteiger partial charge in [0.25, 0.3) is 0 Å². The maximum Gasteiger partial charge on any atom is 0.0383 e. The minimum Gasteiger partial charge on any atom is -0.388 e. The predicted molar refractivity (Wildman–Crippen MR) is 62.6 cm³/mol. The van der Waals surface area contributed by atoms with E-state index in [0.29, 0.717) is 0 Å². The zero-order chi connectivity index (χ0) is 10.4. The van der Waals surface area contributed by atoms with Crippen molar-refractivity contribution < 1.29 is 0 Å². The number of hydrogen-bond donors (Lipinski definition) is 1. The molecule has 0 fully saturated rings. The van der Waals surface area contributed by atoms with E-state index < -0.39 is 0 Å². The molecule has 0 saturated carbocycles. The molecule has 0 radical (unpaired) electrons. The molecular formula is C12H20N2. The van der Waals surface area contributed by atoms with E-state index in [2.05, 4.69) is 48.3 Å². The molecule has 78 valence electrons. The predicted octanol–water partition coefficient (Wildman–Crippen LogP) is 2.57. The van der Waals surface area contributed by atoms with Crippen molar-refractivity contribution in [2.24, 2.45) is 0 Å². The van der Waals surface area contributed by atoms with Gasteiger partial charge in [-0.25, -0.2) is 0 Å². The van der Waals surface area contributed by atoms with Gasteiger partial charge in [-0.1, -0.05) is 32.0 Å². The van der Waals surface area contributed by atoms with Crippen LogP contribution in [-0.2, 0) is 6.54 Å². The smallest absolute Gasteiger partial charge is 0.0383 e. The number of nitrogens with zero attached hydrogens (tertiary/aromatic N) is 1. The molecule has 2 heteroatoms. The van der Waals surface area contributed by atoms with Crippen LogP contribution >= 0.6 is 0 Å². The molecule has 0 bridgehead atoms. The van der Waals surface area contributed by atoms with Crippen molar-refractivity contribution in [1.82, 2.24) is 4.90 Å². The highest BCUT2D eigenvalue weighted by atomic mass is 15.1. The summed E-state index contributed by atoms with van der Waals surface area (Å²) in [5.74, 6) is 0. The van der Waals surface area contributed by atoms with E-state index in [9.17, 15) is 0 Å². The van der Waals surface area contributed by atoms with E-state index in [4.69, 9.17) is 0 Å². The second-order valence-corrected chi connectivity index (χ2v) is 3.37. The number of nitrogens with one attached hydrogen (secondary N) is 1. The van der Waals surface area contributed by atoms with Gasteiger partial charge in [-0.2, -0.15) is 0 Å². The Labute approximate surface area is 86.9 Å². The van der Waals surface area contributed by atoms with Gasteiger partial charge in [-0.05, 0) is 24.7 Å². The van der Waals surface area contributed by atoms with Gasteiger partial charge in [-0.15, -0.1) is 0 Å². The molecule has 0 spiro atoms. The van der Waals surface area contributed by atoms with Crippen LogP contribution in [0.15, 0.2) is 24.3 Å². The first-order valence-electron chi connectivity index (χ1n) is 5.29. The van der Waals surface area contributed by atoms with Gasteiger partial charge in [-0.3, -0.25) is 4.90 Å². The first-order valence-corrected chi connectivity index (χ1v) is 5.29. The molecule has 0 amide bonds. The molecule has 1 aromatic rings. The topological polar surface area (TPSA) is 15.3 Å². The summed E-state index contributed by atoms with van der Waals surface area (Å²) in [7, 11) is 1.97. The van der Waals surface area contributed by atoms with Gasteiger partial charge in [0, 0.05) is 19.3 Å². The van der Waals surface area contributed by atoms with E-state index in [1.807, 2.05) is 7.05 Å². The second-order valence-electron chi connectivity index (χ2n) is 3.37. The van der Waals surface area contributed by atoms with Crippen molar-refractivity contribution in [3.8, 4) is 0 Å². The molecule has 14 heavy (non-hydrogen) atoms. The lowest BCUT2D eigenvalue weighted by atomic mass is 10.1. The molecule has 0 saturated heterocycles. The monoisotopic (exact) mass is 192 g/mol. The number of rotatable bonds is 5. The van der Waals surface area contributed by atoms with Crippen molar-refractivity contribution in [2.75, 3.05) is 25.5 Å². The van der Waals surface area contributed by atoms with E-state index >= 15 is 0 Å². The van der Waals surface area contributed by atoms with Crippen molar-refractivity contribution in [1.29, 1.82) is 0 Å². The van der Waals surface area contributed by atoms with Crippen LogP contribution in [0, 0.1) is 0 Å². The third-order valence-electron chi connectivity index (χ3n) is 2.58. The maximum atomic E-state index is 3.22. The van der Waals surface area contributed by atoms with Gasteiger partial charge < -0.3 is 5.32 Å². The summed E-state index contributed by atoms with van der Waals surface area (Å²) in [6, 6.07) is 8.47. The Morgan fingerprint density at radius 2 is 1.79 bits per heavy atom. The number of anilines is 1. The summed E-state index contributed by atoms with van der Waals surface area (Å²) >= 11 is 0. The van der Waals surface area contributed by atoms with Crippen molar-refractivity contribution in [3.63, 3.8) is 0 Å². The zero-order valence-corrected chi connectivity index (χ0v) is 9.38. The van der Waals surface area contributed by atoms with Crippen LogP contribution in [0.3, 0.4) is 0 Å². The van der Waals surface area contributed by atoms with Crippen LogP contribution < -0.4 is 5.32 Å². The van der Waals surface area contributed by atoms with Crippen LogP contribution in [0.1, 0.15) is 19.4 Å². The number of benzene rings is 1. The number of para-hydroxylation sites is 1. The fourth-order valence-corrected chi connectivity index (χ4v) is 1.59. The molecule has 0 atom stereocenters. The first-order chi connectivity index (χ1) is 6.81. The molecule has 2 nitrogen and oxygen atoms in total. The van der Waals surface area contributed by atoms with Crippen LogP contribution in [-0.4, -0.2) is 25.0 Å². The third-order valence-corrected chi connectivity index (χ3v) is 2.58. The first kappa shape index (κ1) is 11.1. The van der Waals surface area contributed by atoms with E-state index in [0.717, 1.165) is 19.6 Å². The Hall–Kier alpha value is -1.02. The standard InChI is InChI=1S/C12H20N2/c1-4-14(5-2)10-11-8-6-7-9-12(11)13-3/h6-9,13H,4-5,10H2,1-3H3. The van der Waals surface area contributed by atoms with E-state index in [1.165, 1.54) is 11.3 Å². The maximum absolute atomic E-state index is 3.22. The summed E-state index contributed by atoms with van der Waals surface area (Å²) in [6.07, 6.45) is 0. The van der Waals surface area contributed by atoms with E-state index in [-0.39, 0.29) is 0 Å². The summed E-state index contributed by atoms with van der Waals surface area (Å²) in [6.45, 7) is 7.64. The van der Waals surface area contributed by atoms with Gasteiger partial charge >= 0.3 is 0 Å². The molecule has 0 aliphatic heterocycles. The van der Waals surface area contributed by atoms with Crippen molar-refractivity contribution in [3.05, 3.63) is 29.8 Å². The van der Waals surface area contributed by atoms with Crippen molar-refractivity contribution in [2.45, 2.75) is 20.4 Å². The highest BCUT2D eigenvalue weighted by molar-refractivity contribution is 5.50. The fraction of sp³-hybridized carbons (Fsp3) is 0.500. The SMILES string of the molecule is CCN(CC)Cc1ccccc1NC. The lowest BCUT2D eigenvalue weighted by Gasteiger charge is -2.19. The summed E-state index contributed by atoms with van der Waals surface area (Å²) in [5.41, 5.74) is 2.61. The van der Waals surface area contributed by atoms with Gasteiger partial charge in [0.15, 0.2) is 0 Å². The Morgan fingerprint density at radius 3 is 2.36 bits per heavy atom. The highest BCUT2D eigenvalue weighted by Crippen LogP contribution is 2.15. The van der Waals surface area contributed by atoms with Crippen LogP contribution in [0.4, 0.5) is 5.69 Å². The third kappa shape index (κ3) is 2.74. The quantitative estimate of drug-likeness (QED) is 0.771. The molecule has 1 aromatic carbocycles. The average Bonchev–Trinajstić information content (AvgIpc) is 2.26. The average molecular weight is 192 g/mol. The molecule has 0 unspecified atom stereocenters. The zero-order valence-electron chi connectivity index (χ0n) is 9.38. The summed E-state index contributed by atoms with van der Waals surface area (Å²) < 4.78 is 0. The molecular weight excluding hydrogens is 172 g/mol. The minimum atomic E-state index is 1.03. The summed E-state index contributed by atoms with van der Waals surface area (Å²) in [4.78, 5) is 2.41. The number of hydrogen-bond acceptors (Lipinski definition) is 2. The van der Waals surface area contributed by atoms with Gasteiger partial charge in [0.2, 0.25) is 0 Å². The molecule has 1 rings (SSSR count). The Bertz CT molecular complexity index is 267. The Morgan fingerprint density at radius 1 is 1.14 bits per heavy atom. The summed E-state index contributed by atoms with van der Waals surface area (Å²) in [5, 5.41) is 3.22. The lowest BCUT2D eigenvalue weighted by molar-refractivity contribution is 0.296. The van der Waals surface area contributed by atoms with Crippen LogP contribution in [0.2, 0.25) is 0 Å². The Kier molecular flexibility index (Phi) is 4.47. The molecule has 0 heterocycles. The second kappa shape index (κ2) is 5.66. The van der Waals surface area contributed by atoms with Crippen LogP contribution in [0.25, 0.3) is 0 Å². The lowest BCUT2D eigenvalue weighted by Crippen LogP contribution is -2.22. The van der Waals surface area contributed by atoms with E-state index in [1.54, 1.807) is 0 Å².